The van der Waals surface area contributed by atoms with E-state index in [9.17, 15) is 4.79 Å². The number of ether oxygens (including phenoxy) is 3. The van der Waals surface area contributed by atoms with E-state index in [-0.39, 0.29) is 5.91 Å². The molecule has 0 spiro atoms. The summed E-state index contributed by atoms with van der Waals surface area (Å²) in [5, 5.41) is 10.3. The molecule has 0 aliphatic heterocycles. The van der Waals surface area contributed by atoms with Crippen molar-refractivity contribution in [1.29, 1.82) is 0 Å². The van der Waals surface area contributed by atoms with Crippen LogP contribution < -0.4 is 25.0 Å². The molecule has 6 rings (SSSR count). The second kappa shape index (κ2) is 16.3. The number of rotatable bonds is 14. The van der Waals surface area contributed by atoms with E-state index < -0.39 is 0 Å². The van der Waals surface area contributed by atoms with E-state index in [1.165, 1.54) is 16.9 Å². The van der Waals surface area contributed by atoms with Crippen molar-refractivity contribution in [3.63, 3.8) is 0 Å². The quantitative estimate of drug-likeness (QED) is 0.0888. The summed E-state index contributed by atoms with van der Waals surface area (Å²) in [6.07, 6.45) is 1.58. The number of nitrogens with zero attached hydrogens (tertiary/aromatic N) is 2. The molecular formula is C40H36N4O4S. The van der Waals surface area contributed by atoms with Crippen molar-refractivity contribution in [1.82, 2.24) is 10.4 Å². The molecule has 9 heteroatoms. The number of hydrazone groups is 1. The van der Waals surface area contributed by atoms with Gasteiger partial charge in [-0.1, -0.05) is 78.4 Å². The molecule has 0 bridgehead atoms. The van der Waals surface area contributed by atoms with E-state index in [2.05, 4.69) is 34.9 Å². The Kier molecular flexibility index (Phi) is 10.9. The third-order valence-corrected chi connectivity index (χ3v) is 8.24. The second-order valence-electron chi connectivity index (χ2n) is 11.1. The Bertz CT molecular complexity index is 2010. The van der Waals surface area contributed by atoms with Crippen LogP contribution in [0, 0.1) is 6.92 Å². The highest BCUT2D eigenvalue weighted by Crippen LogP contribution is 2.31. The zero-order valence-corrected chi connectivity index (χ0v) is 28.1. The normalized spacial score (nSPS) is 10.9. The van der Waals surface area contributed by atoms with Crippen LogP contribution in [0.15, 0.2) is 132 Å². The molecule has 2 N–H and O–H groups in total. The number of amides is 1. The summed E-state index contributed by atoms with van der Waals surface area (Å²) < 4.78 is 18.0. The van der Waals surface area contributed by atoms with Gasteiger partial charge in [0.1, 0.15) is 19.0 Å². The highest BCUT2D eigenvalue weighted by molar-refractivity contribution is 7.14. The van der Waals surface area contributed by atoms with E-state index >= 15 is 0 Å². The van der Waals surface area contributed by atoms with Crippen LogP contribution in [-0.4, -0.2) is 23.7 Å². The Hall–Kier alpha value is -5.93. The Labute approximate surface area is 290 Å². The van der Waals surface area contributed by atoms with E-state index in [0.717, 1.165) is 38.8 Å². The molecule has 6 aromatic rings. The van der Waals surface area contributed by atoms with E-state index in [1.807, 2.05) is 109 Å². The van der Waals surface area contributed by atoms with Crippen molar-refractivity contribution in [2.24, 2.45) is 5.10 Å². The Morgan fingerprint density at radius 1 is 0.776 bits per heavy atom. The molecule has 8 nitrogen and oxygen atoms in total. The molecule has 1 amide bonds. The predicted octanol–water partition coefficient (Wildman–Crippen LogP) is 9.18. The lowest BCUT2D eigenvalue weighted by atomic mass is 10.1. The lowest BCUT2D eigenvalue weighted by Gasteiger charge is -2.14. The lowest BCUT2D eigenvalue weighted by Crippen LogP contribution is -2.17. The summed E-state index contributed by atoms with van der Waals surface area (Å²) in [5.41, 5.74) is 9.78. The first-order valence-corrected chi connectivity index (χ1v) is 16.8. The van der Waals surface area contributed by atoms with Gasteiger partial charge in [0.15, 0.2) is 16.6 Å². The topological polar surface area (TPSA) is 94.1 Å². The SMILES string of the molecule is CCOc1cc(COc2ccccc2/C=N/NC(=O)c2ccc(-c3csc(Nc4ccc(C)cc4)n3)cc2)ccc1OCc1ccccc1. The average molecular weight is 669 g/mol. The number of nitrogens with one attached hydrogen (secondary N) is 2. The molecule has 49 heavy (non-hydrogen) atoms. The number of carbonyl (C=O) groups excluding carboxylic acids is 1. The fourth-order valence-corrected chi connectivity index (χ4v) is 5.63. The minimum absolute atomic E-state index is 0.311. The highest BCUT2D eigenvalue weighted by atomic mass is 32.1. The fraction of sp³-hybridized carbons (Fsp3) is 0.125. The molecular weight excluding hydrogens is 633 g/mol. The van der Waals surface area contributed by atoms with Crippen molar-refractivity contribution < 1.29 is 19.0 Å². The number of thiazole rings is 1. The Morgan fingerprint density at radius 2 is 1.51 bits per heavy atom. The van der Waals surface area contributed by atoms with Gasteiger partial charge in [-0.2, -0.15) is 5.10 Å². The minimum atomic E-state index is -0.320. The summed E-state index contributed by atoms with van der Waals surface area (Å²) in [6, 6.07) is 38.8. The zero-order valence-electron chi connectivity index (χ0n) is 27.3. The smallest absolute Gasteiger partial charge is 0.271 e. The average Bonchev–Trinajstić information content (AvgIpc) is 3.61. The standard InChI is InChI=1S/C40H36N4O4S/c1-3-46-38-23-30(15-22-37(38)48-25-29-9-5-4-6-10-29)26-47-36-12-8-7-11-33(36)24-41-44-39(45)32-18-16-31(17-19-32)35-27-49-40(43-35)42-34-20-13-28(2)14-21-34/h4-24,27H,3,25-26H2,1-2H3,(H,42,43)(H,44,45)/b41-24+. The summed E-state index contributed by atoms with van der Waals surface area (Å²) in [6.45, 7) is 5.27. The van der Waals surface area contributed by atoms with Gasteiger partial charge in [0.05, 0.1) is 18.5 Å². The first kappa shape index (κ1) is 33.0. The van der Waals surface area contributed by atoms with Gasteiger partial charge in [0.25, 0.3) is 5.91 Å². The van der Waals surface area contributed by atoms with Gasteiger partial charge in [-0.05, 0) is 73.5 Å². The maximum atomic E-state index is 12.8. The van der Waals surface area contributed by atoms with Gasteiger partial charge in [-0.25, -0.2) is 10.4 Å². The largest absolute Gasteiger partial charge is 0.490 e. The van der Waals surface area contributed by atoms with E-state index in [4.69, 9.17) is 19.2 Å². The molecule has 1 heterocycles. The van der Waals surface area contributed by atoms with E-state index in [0.29, 0.717) is 42.6 Å². The van der Waals surface area contributed by atoms with Crippen molar-refractivity contribution >= 4 is 34.3 Å². The van der Waals surface area contributed by atoms with Crippen LogP contribution in [0.2, 0.25) is 0 Å². The van der Waals surface area contributed by atoms with Crippen molar-refractivity contribution in [3.8, 4) is 28.5 Å². The summed E-state index contributed by atoms with van der Waals surface area (Å²) in [7, 11) is 0. The summed E-state index contributed by atoms with van der Waals surface area (Å²) >= 11 is 1.53. The molecule has 0 saturated heterocycles. The number of hydrogen-bond acceptors (Lipinski definition) is 8. The monoisotopic (exact) mass is 668 g/mol. The molecule has 1 aromatic heterocycles. The van der Waals surface area contributed by atoms with Crippen molar-refractivity contribution in [2.45, 2.75) is 27.1 Å². The van der Waals surface area contributed by atoms with Gasteiger partial charge < -0.3 is 19.5 Å². The van der Waals surface area contributed by atoms with Gasteiger partial charge in [-0.3, -0.25) is 4.79 Å². The molecule has 0 aliphatic rings. The Morgan fingerprint density at radius 3 is 2.31 bits per heavy atom. The fourth-order valence-electron chi connectivity index (χ4n) is 4.89. The number of benzene rings is 5. The summed E-state index contributed by atoms with van der Waals surface area (Å²) in [5.74, 6) is 1.65. The first-order chi connectivity index (χ1) is 24.0. The van der Waals surface area contributed by atoms with Gasteiger partial charge in [-0.15, -0.1) is 11.3 Å². The number of aryl methyl sites for hydroxylation is 1. The number of aromatic nitrogens is 1. The van der Waals surface area contributed by atoms with Crippen LogP contribution in [-0.2, 0) is 13.2 Å². The third-order valence-electron chi connectivity index (χ3n) is 7.48. The summed E-state index contributed by atoms with van der Waals surface area (Å²) in [4.78, 5) is 17.5. The molecule has 246 valence electrons. The molecule has 0 atom stereocenters. The third kappa shape index (κ3) is 9.12. The molecule has 0 unspecified atom stereocenters. The molecule has 5 aromatic carbocycles. The maximum absolute atomic E-state index is 12.8. The van der Waals surface area contributed by atoms with Crippen LogP contribution in [0.1, 0.15) is 39.5 Å². The van der Waals surface area contributed by atoms with Gasteiger partial charge in [0, 0.05) is 27.8 Å². The zero-order chi connectivity index (χ0) is 33.8. The van der Waals surface area contributed by atoms with Crippen LogP contribution in [0.25, 0.3) is 11.3 Å². The van der Waals surface area contributed by atoms with Crippen LogP contribution in [0.3, 0.4) is 0 Å². The second-order valence-corrected chi connectivity index (χ2v) is 12.0. The molecule has 0 radical (unpaired) electrons. The molecule has 0 fully saturated rings. The van der Waals surface area contributed by atoms with Crippen molar-refractivity contribution in [2.75, 3.05) is 11.9 Å². The van der Waals surface area contributed by atoms with Crippen LogP contribution in [0.5, 0.6) is 17.2 Å². The van der Waals surface area contributed by atoms with E-state index in [1.54, 1.807) is 18.3 Å². The molecule has 0 saturated carbocycles. The highest BCUT2D eigenvalue weighted by Gasteiger charge is 2.11. The minimum Gasteiger partial charge on any atom is -0.490 e. The van der Waals surface area contributed by atoms with Crippen molar-refractivity contribution in [3.05, 3.63) is 155 Å². The lowest BCUT2D eigenvalue weighted by molar-refractivity contribution is 0.0955. The van der Waals surface area contributed by atoms with Crippen LogP contribution >= 0.6 is 11.3 Å². The molecule has 0 aliphatic carbocycles. The number of para-hydroxylation sites is 1. The van der Waals surface area contributed by atoms with Gasteiger partial charge >= 0.3 is 0 Å². The number of carbonyl (C=O) groups is 1. The van der Waals surface area contributed by atoms with Crippen LogP contribution in [0.4, 0.5) is 10.8 Å². The number of hydrogen-bond donors (Lipinski definition) is 2. The Balaban J connectivity index is 1.03. The van der Waals surface area contributed by atoms with Gasteiger partial charge in [0.2, 0.25) is 0 Å². The first-order valence-electron chi connectivity index (χ1n) is 15.9. The predicted molar refractivity (Wildman–Crippen MR) is 196 cm³/mol. The number of anilines is 2. The maximum Gasteiger partial charge on any atom is 0.271 e.